The molecule has 1 aromatic carbocycles. The normalized spacial score (nSPS) is 21.6. The molecule has 3 heterocycles. The van der Waals surface area contributed by atoms with Gasteiger partial charge in [0.15, 0.2) is 5.78 Å². The third-order valence-electron chi connectivity index (χ3n) is 5.34. The number of carbonyl (C=O) groups excluding carboxylic acids is 1. The molecule has 3 aromatic rings. The standard InChI is InChI=1S/C20H16ClN3O2S/c21-12-5-2-1-4-11(12)16-17-13(22-19-18(16)20(26)24-23-19)8-10(9-14(17)25)15-6-3-7-27-15/h1-7,10,16H,8-9H2,(H3,22,23,24,26)/t10-,16-/m0/s1. The second-order valence-electron chi connectivity index (χ2n) is 6.88. The number of allylic oxidation sites excluding steroid dienone is 2. The number of aromatic nitrogens is 2. The number of fused-ring (bicyclic) bond motifs is 1. The third kappa shape index (κ3) is 2.59. The predicted octanol–water partition coefficient (Wildman–Crippen LogP) is 4.38. The summed E-state index contributed by atoms with van der Waals surface area (Å²) in [5, 5.41) is 11.4. The van der Waals surface area contributed by atoms with E-state index < -0.39 is 5.92 Å². The molecule has 7 heteroatoms. The summed E-state index contributed by atoms with van der Waals surface area (Å²) in [6, 6.07) is 11.5. The third-order valence-corrected chi connectivity index (χ3v) is 6.72. The first kappa shape index (κ1) is 16.6. The molecular weight excluding hydrogens is 382 g/mol. The maximum Gasteiger partial charge on any atom is 0.270 e. The molecule has 0 fully saturated rings. The number of carbonyl (C=O) groups is 1. The summed E-state index contributed by atoms with van der Waals surface area (Å²) in [5.41, 5.74) is 2.60. The van der Waals surface area contributed by atoms with Gasteiger partial charge in [-0.3, -0.25) is 19.8 Å². The van der Waals surface area contributed by atoms with Gasteiger partial charge in [0.1, 0.15) is 5.82 Å². The molecule has 2 aliphatic rings. The van der Waals surface area contributed by atoms with Crippen molar-refractivity contribution in [2.45, 2.75) is 24.7 Å². The van der Waals surface area contributed by atoms with Crippen LogP contribution in [0, 0.1) is 0 Å². The quantitative estimate of drug-likeness (QED) is 0.600. The van der Waals surface area contributed by atoms with Crippen LogP contribution in [0.15, 0.2) is 57.8 Å². The number of benzene rings is 1. The molecule has 27 heavy (non-hydrogen) atoms. The summed E-state index contributed by atoms with van der Waals surface area (Å²) in [7, 11) is 0. The zero-order valence-electron chi connectivity index (χ0n) is 14.2. The zero-order valence-corrected chi connectivity index (χ0v) is 15.8. The number of ketones is 1. The molecule has 136 valence electrons. The van der Waals surface area contributed by atoms with Crippen LogP contribution in [0.5, 0.6) is 0 Å². The van der Waals surface area contributed by atoms with Crippen LogP contribution in [0.4, 0.5) is 5.82 Å². The number of halogens is 1. The van der Waals surface area contributed by atoms with Crippen LogP contribution in [0.25, 0.3) is 0 Å². The minimum absolute atomic E-state index is 0.0679. The van der Waals surface area contributed by atoms with Crippen molar-refractivity contribution in [3.8, 4) is 0 Å². The minimum Gasteiger partial charge on any atom is -0.343 e. The fraction of sp³-hybridized carbons (Fsp3) is 0.200. The van der Waals surface area contributed by atoms with E-state index in [0.29, 0.717) is 28.4 Å². The Morgan fingerprint density at radius 2 is 1.89 bits per heavy atom. The molecule has 0 amide bonds. The largest absolute Gasteiger partial charge is 0.343 e. The van der Waals surface area contributed by atoms with Gasteiger partial charge in [0, 0.05) is 39.4 Å². The van der Waals surface area contributed by atoms with E-state index in [1.807, 2.05) is 29.6 Å². The summed E-state index contributed by atoms with van der Waals surface area (Å²) in [5.74, 6) is 0.376. The van der Waals surface area contributed by atoms with E-state index >= 15 is 0 Å². The van der Waals surface area contributed by atoms with Crippen LogP contribution < -0.4 is 10.9 Å². The Labute approximate surface area is 164 Å². The molecule has 1 aliphatic carbocycles. The van der Waals surface area contributed by atoms with Gasteiger partial charge < -0.3 is 5.32 Å². The average Bonchev–Trinajstić information content (AvgIpc) is 3.31. The van der Waals surface area contributed by atoms with E-state index in [-0.39, 0.29) is 17.3 Å². The van der Waals surface area contributed by atoms with Gasteiger partial charge in [-0.1, -0.05) is 35.9 Å². The Hall–Kier alpha value is -2.57. The lowest BCUT2D eigenvalue weighted by Crippen LogP contribution is -2.31. The van der Waals surface area contributed by atoms with Gasteiger partial charge in [0.2, 0.25) is 0 Å². The monoisotopic (exact) mass is 397 g/mol. The number of rotatable bonds is 2. The van der Waals surface area contributed by atoms with Crippen molar-refractivity contribution in [1.82, 2.24) is 10.2 Å². The van der Waals surface area contributed by atoms with Crippen molar-refractivity contribution < 1.29 is 4.79 Å². The van der Waals surface area contributed by atoms with E-state index in [4.69, 9.17) is 11.6 Å². The van der Waals surface area contributed by atoms with Gasteiger partial charge >= 0.3 is 0 Å². The summed E-state index contributed by atoms with van der Waals surface area (Å²) in [6.07, 6.45) is 1.18. The van der Waals surface area contributed by atoms with E-state index in [0.717, 1.165) is 17.7 Å². The van der Waals surface area contributed by atoms with Gasteiger partial charge in [0.25, 0.3) is 5.56 Å². The fourth-order valence-electron chi connectivity index (χ4n) is 4.17. The first-order valence-corrected chi connectivity index (χ1v) is 10.0. The first-order chi connectivity index (χ1) is 13.1. The van der Waals surface area contributed by atoms with Gasteiger partial charge in [-0.2, -0.15) is 0 Å². The second kappa shape index (κ2) is 6.25. The van der Waals surface area contributed by atoms with Crippen molar-refractivity contribution in [1.29, 1.82) is 0 Å². The lowest BCUT2D eigenvalue weighted by atomic mass is 9.74. The maximum atomic E-state index is 13.2. The van der Waals surface area contributed by atoms with Crippen molar-refractivity contribution in [3.05, 3.63) is 84.4 Å². The zero-order chi connectivity index (χ0) is 18.5. The molecule has 2 aromatic heterocycles. The summed E-state index contributed by atoms with van der Waals surface area (Å²) in [4.78, 5) is 26.9. The van der Waals surface area contributed by atoms with E-state index in [1.54, 1.807) is 17.4 Å². The van der Waals surface area contributed by atoms with Gasteiger partial charge in [-0.15, -0.1) is 11.3 Å². The van der Waals surface area contributed by atoms with Gasteiger partial charge in [-0.05, 0) is 29.5 Å². The molecule has 0 radical (unpaired) electrons. The Balaban J connectivity index is 1.68. The second-order valence-corrected chi connectivity index (χ2v) is 8.27. The Bertz CT molecular complexity index is 1130. The molecule has 0 spiro atoms. The molecule has 1 aliphatic heterocycles. The number of thiophene rings is 1. The summed E-state index contributed by atoms with van der Waals surface area (Å²) in [6.45, 7) is 0. The van der Waals surface area contributed by atoms with Crippen LogP contribution in [0.3, 0.4) is 0 Å². The number of hydrogen-bond acceptors (Lipinski definition) is 4. The van der Waals surface area contributed by atoms with Crippen molar-refractivity contribution in [3.63, 3.8) is 0 Å². The fourth-order valence-corrected chi connectivity index (χ4v) is 5.24. The molecule has 0 saturated heterocycles. The number of aromatic amines is 2. The highest BCUT2D eigenvalue weighted by Crippen LogP contribution is 2.48. The maximum absolute atomic E-state index is 13.2. The molecule has 0 bridgehead atoms. The highest BCUT2D eigenvalue weighted by atomic mass is 35.5. The van der Waals surface area contributed by atoms with Crippen LogP contribution in [0.2, 0.25) is 5.02 Å². The number of nitrogens with one attached hydrogen (secondary N) is 3. The highest BCUT2D eigenvalue weighted by Gasteiger charge is 2.41. The van der Waals surface area contributed by atoms with Crippen molar-refractivity contribution >= 4 is 34.5 Å². The average molecular weight is 398 g/mol. The molecular formula is C20H16ClN3O2S. The number of anilines is 1. The van der Waals surface area contributed by atoms with Crippen LogP contribution >= 0.6 is 22.9 Å². The Morgan fingerprint density at radius 3 is 2.67 bits per heavy atom. The van der Waals surface area contributed by atoms with E-state index in [9.17, 15) is 9.59 Å². The molecule has 0 unspecified atom stereocenters. The van der Waals surface area contributed by atoms with Crippen LogP contribution in [-0.4, -0.2) is 16.0 Å². The molecule has 2 atom stereocenters. The van der Waals surface area contributed by atoms with Crippen molar-refractivity contribution in [2.75, 3.05) is 5.32 Å². The van der Waals surface area contributed by atoms with Crippen LogP contribution in [-0.2, 0) is 4.79 Å². The molecule has 5 nitrogen and oxygen atoms in total. The van der Waals surface area contributed by atoms with Crippen LogP contribution in [0.1, 0.15) is 40.7 Å². The lowest BCUT2D eigenvalue weighted by Gasteiger charge is -2.34. The molecule has 0 saturated carbocycles. The van der Waals surface area contributed by atoms with E-state index in [2.05, 4.69) is 21.6 Å². The topological polar surface area (TPSA) is 77.8 Å². The SMILES string of the molecule is O=C1C[C@@H](c2cccs2)CC2=C1[C@H](c1ccccc1Cl)c1c([nH][nH]c1=O)N2. The smallest absolute Gasteiger partial charge is 0.270 e. The Kier molecular flexibility index (Phi) is 3.84. The summed E-state index contributed by atoms with van der Waals surface area (Å²) < 4.78 is 0. The first-order valence-electron chi connectivity index (χ1n) is 8.75. The predicted molar refractivity (Wildman–Crippen MR) is 107 cm³/mol. The molecule has 5 rings (SSSR count). The lowest BCUT2D eigenvalue weighted by molar-refractivity contribution is -0.116. The number of H-pyrrole nitrogens is 2. The molecule has 3 N–H and O–H groups in total. The minimum atomic E-state index is -0.461. The number of hydrogen-bond donors (Lipinski definition) is 3. The Morgan fingerprint density at radius 1 is 1.04 bits per heavy atom. The van der Waals surface area contributed by atoms with Gasteiger partial charge in [0.05, 0.1) is 5.56 Å². The summed E-state index contributed by atoms with van der Waals surface area (Å²) >= 11 is 8.13. The van der Waals surface area contributed by atoms with Gasteiger partial charge in [-0.25, -0.2) is 0 Å². The number of Topliss-reactive ketones (excluding diaryl/α,β-unsaturated/α-hetero) is 1. The van der Waals surface area contributed by atoms with Crippen molar-refractivity contribution in [2.24, 2.45) is 0 Å². The van der Waals surface area contributed by atoms with E-state index in [1.165, 1.54) is 4.88 Å². The highest BCUT2D eigenvalue weighted by molar-refractivity contribution is 7.10.